The van der Waals surface area contributed by atoms with Crippen LogP contribution in [0.25, 0.3) is 0 Å². The highest BCUT2D eigenvalue weighted by Crippen LogP contribution is 2.60. The van der Waals surface area contributed by atoms with E-state index >= 15 is 0 Å². The summed E-state index contributed by atoms with van der Waals surface area (Å²) in [5, 5.41) is 12.9. The van der Waals surface area contributed by atoms with Crippen molar-refractivity contribution in [2.45, 2.75) is 56.8 Å². The molecule has 0 unspecified atom stereocenters. The Labute approximate surface area is 288 Å². The van der Waals surface area contributed by atoms with Gasteiger partial charge in [0.25, 0.3) is 5.91 Å². The van der Waals surface area contributed by atoms with Gasteiger partial charge in [-0.15, -0.1) is 0 Å². The van der Waals surface area contributed by atoms with E-state index in [0.29, 0.717) is 36.6 Å². The Kier molecular flexibility index (Phi) is 9.97. The molecule has 6 rings (SSSR count). The largest absolute Gasteiger partial charge is 0.497 e. The van der Waals surface area contributed by atoms with Crippen LogP contribution in [-0.2, 0) is 37.8 Å². The molecule has 3 N–H and O–H groups in total. The smallest absolute Gasteiger partial charge is 0.264 e. The monoisotopic (exact) mass is 686 g/mol. The van der Waals surface area contributed by atoms with E-state index in [1.54, 1.807) is 21.8 Å². The van der Waals surface area contributed by atoms with E-state index in [0.717, 1.165) is 23.4 Å². The molecule has 3 aromatic rings. The minimum atomic E-state index is -3.02. The highest BCUT2D eigenvalue weighted by atomic mass is 28.4. The van der Waals surface area contributed by atoms with Gasteiger partial charge in [0.1, 0.15) is 5.75 Å². The summed E-state index contributed by atoms with van der Waals surface area (Å²) in [5.41, 5.74) is 2.08. The number of benzene rings is 3. The van der Waals surface area contributed by atoms with Crippen molar-refractivity contribution in [1.29, 1.82) is 0 Å². The second-order valence-electron chi connectivity index (χ2n) is 13.8. The number of fused-ring (bicyclic) bond motifs is 2. The van der Waals surface area contributed by atoms with Gasteiger partial charge in [-0.3, -0.25) is 14.4 Å². The van der Waals surface area contributed by atoms with Crippen LogP contribution >= 0.6 is 0 Å². The van der Waals surface area contributed by atoms with Gasteiger partial charge >= 0.3 is 0 Å². The summed E-state index contributed by atoms with van der Waals surface area (Å²) in [6.07, 6.45) is -0.774. The summed E-state index contributed by atoms with van der Waals surface area (Å²) >= 11 is 0. The van der Waals surface area contributed by atoms with Crippen LogP contribution in [0.5, 0.6) is 5.75 Å². The Morgan fingerprint density at radius 2 is 1.82 bits per heavy atom. The number of nitrogens with one attached hydrogen (secondary N) is 1. The zero-order valence-electron chi connectivity index (χ0n) is 28.6. The summed E-state index contributed by atoms with van der Waals surface area (Å²) in [4.78, 5) is 58.0. The SMILES string of the molecule is COc1ccc2c(c1)[C@]1(O[C@@H](CC(=O)N(CCO)Cc3ccccc3)[C@H]([Si](C)(C)O)[C@H]1C)C(=O)N2Cc1ccc(N2CCNCC2=O)cc1. The van der Waals surface area contributed by atoms with Crippen molar-refractivity contribution in [1.82, 2.24) is 10.2 Å². The van der Waals surface area contributed by atoms with Crippen molar-refractivity contribution in [3.05, 3.63) is 89.5 Å². The molecule has 3 heterocycles. The normalized spacial score (nSPS) is 23.7. The van der Waals surface area contributed by atoms with Crippen molar-refractivity contribution in [2.24, 2.45) is 5.92 Å². The van der Waals surface area contributed by atoms with E-state index in [4.69, 9.17) is 9.47 Å². The zero-order valence-corrected chi connectivity index (χ0v) is 29.6. The maximum atomic E-state index is 14.8. The van der Waals surface area contributed by atoms with Gasteiger partial charge in [0, 0.05) is 48.9 Å². The summed E-state index contributed by atoms with van der Waals surface area (Å²) in [5.74, 6) is -0.335. The number of rotatable bonds is 11. The number of aliphatic hydroxyl groups excluding tert-OH is 1. The van der Waals surface area contributed by atoms with Gasteiger partial charge in [-0.2, -0.15) is 0 Å². The molecule has 3 aromatic carbocycles. The van der Waals surface area contributed by atoms with E-state index in [9.17, 15) is 24.3 Å². The van der Waals surface area contributed by atoms with Gasteiger partial charge in [0.15, 0.2) is 13.9 Å². The summed E-state index contributed by atoms with van der Waals surface area (Å²) in [7, 11) is -1.45. The maximum absolute atomic E-state index is 14.8. The topological polar surface area (TPSA) is 132 Å². The van der Waals surface area contributed by atoms with Crippen molar-refractivity contribution in [3.63, 3.8) is 0 Å². The Bertz CT molecular complexity index is 1680. The van der Waals surface area contributed by atoms with Gasteiger partial charge < -0.3 is 39.4 Å². The first-order chi connectivity index (χ1) is 23.5. The quantitative estimate of drug-likeness (QED) is 0.262. The van der Waals surface area contributed by atoms with Crippen molar-refractivity contribution < 1.29 is 33.8 Å². The van der Waals surface area contributed by atoms with Gasteiger partial charge in [0.05, 0.1) is 45.0 Å². The Hall–Kier alpha value is -4.07. The fourth-order valence-corrected chi connectivity index (χ4v) is 10.5. The highest BCUT2D eigenvalue weighted by Gasteiger charge is 2.66. The van der Waals surface area contributed by atoms with Crippen LogP contribution in [0, 0.1) is 5.92 Å². The summed E-state index contributed by atoms with van der Waals surface area (Å²) < 4.78 is 12.5. The number of hydrogen-bond donors (Lipinski definition) is 3. The molecule has 11 nitrogen and oxygen atoms in total. The molecular formula is C37H46N4O7Si. The molecule has 260 valence electrons. The van der Waals surface area contributed by atoms with Gasteiger partial charge in [-0.1, -0.05) is 49.4 Å². The number of anilines is 2. The van der Waals surface area contributed by atoms with Crippen molar-refractivity contribution >= 4 is 37.4 Å². The number of carbonyl (C=O) groups is 3. The molecule has 0 bridgehead atoms. The third kappa shape index (κ3) is 6.63. The number of methoxy groups -OCH3 is 1. The molecule has 0 aliphatic carbocycles. The Balaban J connectivity index is 1.32. The lowest BCUT2D eigenvalue weighted by molar-refractivity contribution is -0.150. The maximum Gasteiger partial charge on any atom is 0.264 e. The number of aliphatic hydroxyl groups is 1. The average molecular weight is 687 g/mol. The van der Waals surface area contributed by atoms with Crippen LogP contribution in [0.2, 0.25) is 18.6 Å². The molecule has 3 aliphatic heterocycles. The number of carbonyl (C=O) groups excluding carboxylic acids is 3. The first-order valence-corrected chi connectivity index (χ1v) is 19.9. The van der Waals surface area contributed by atoms with Gasteiger partial charge in [-0.05, 0) is 54.6 Å². The van der Waals surface area contributed by atoms with Crippen LogP contribution in [0.1, 0.15) is 30.0 Å². The fraction of sp³-hybridized carbons (Fsp3) is 0.432. The molecular weight excluding hydrogens is 641 g/mol. The standard InChI is InChI=1S/C37H46N4O7Si/c1-25-35(49(3,4)46)32(21-33(43)39(18-19-42)23-26-8-6-5-7-9-26)48-37(25)30-20-29(47-2)14-15-31(30)41(36(37)45)24-27-10-12-28(13-11-27)40-17-16-38-22-34(40)44/h5-15,20,25,32,35,38,42,46H,16-19,21-24H2,1-4H3/t25-,32+,35-,37+/m1/s1. The van der Waals surface area contributed by atoms with Gasteiger partial charge in [0.2, 0.25) is 11.8 Å². The van der Waals surface area contributed by atoms with Crippen molar-refractivity contribution in [3.8, 4) is 5.75 Å². The average Bonchev–Trinajstić information content (AvgIpc) is 3.51. The molecule has 2 fully saturated rings. The van der Waals surface area contributed by atoms with Crippen LogP contribution in [0.15, 0.2) is 72.8 Å². The molecule has 3 aliphatic rings. The molecule has 3 amide bonds. The van der Waals surface area contributed by atoms with Crippen LogP contribution in [-0.4, -0.2) is 86.8 Å². The third-order valence-corrected chi connectivity index (χ3v) is 12.7. The third-order valence-electron chi connectivity index (χ3n) is 10.2. The molecule has 2 saturated heterocycles. The lowest BCUT2D eigenvalue weighted by Crippen LogP contribution is -2.48. The van der Waals surface area contributed by atoms with E-state index in [2.05, 4.69) is 5.32 Å². The second-order valence-corrected chi connectivity index (χ2v) is 17.7. The molecule has 12 heteroatoms. The lowest BCUT2D eigenvalue weighted by Gasteiger charge is -2.32. The van der Waals surface area contributed by atoms with Crippen LogP contribution in [0.3, 0.4) is 0 Å². The Morgan fingerprint density at radius 1 is 1.08 bits per heavy atom. The first-order valence-electron chi connectivity index (χ1n) is 16.9. The van der Waals surface area contributed by atoms with Crippen LogP contribution < -0.4 is 19.9 Å². The fourth-order valence-electron chi connectivity index (χ4n) is 7.90. The van der Waals surface area contributed by atoms with E-state index in [1.165, 1.54) is 0 Å². The number of piperazine rings is 1. The molecule has 0 aromatic heterocycles. The molecule has 49 heavy (non-hydrogen) atoms. The molecule has 1 spiro atoms. The van der Waals surface area contributed by atoms with Crippen molar-refractivity contribution in [2.75, 3.05) is 49.7 Å². The zero-order chi connectivity index (χ0) is 34.9. The molecule has 0 saturated carbocycles. The summed E-state index contributed by atoms with van der Waals surface area (Å²) in [6.45, 7) is 7.78. The predicted octanol–water partition coefficient (Wildman–Crippen LogP) is 3.39. The number of nitrogens with zero attached hydrogens (tertiary/aromatic N) is 3. The number of ether oxygens (including phenoxy) is 2. The minimum absolute atomic E-state index is 0.0170. The second kappa shape index (κ2) is 14.0. The van der Waals surface area contributed by atoms with E-state index in [1.807, 2.05) is 92.8 Å². The number of hydrogen-bond acceptors (Lipinski definition) is 8. The molecule has 4 atom stereocenters. The van der Waals surface area contributed by atoms with E-state index in [-0.39, 0.29) is 43.8 Å². The van der Waals surface area contributed by atoms with E-state index < -0.39 is 31.5 Å². The predicted molar refractivity (Wildman–Crippen MR) is 189 cm³/mol. The molecule has 0 radical (unpaired) electrons. The Morgan fingerprint density at radius 3 is 2.47 bits per heavy atom. The number of amides is 3. The lowest BCUT2D eigenvalue weighted by atomic mass is 9.82. The minimum Gasteiger partial charge on any atom is -0.497 e. The van der Waals surface area contributed by atoms with Gasteiger partial charge in [-0.25, -0.2) is 0 Å². The summed E-state index contributed by atoms with van der Waals surface area (Å²) in [6, 6.07) is 22.8. The highest BCUT2D eigenvalue weighted by molar-refractivity contribution is 6.71. The first kappa shape index (κ1) is 34.8. The van der Waals surface area contributed by atoms with Crippen LogP contribution in [0.4, 0.5) is 11.4 Å².